The molecule has 0 spiro atoms. The van der Waals surface area contributed by atoms with Crippen LogP contribution in [0.25, 0.3) is 10.2 Å². The van der Waals surface area contributed by atoms with Gasteiger partial charge in [0.2, 0.25) is 5.91 Å². The largest absolute Gasteiger partial charge is 0.494 e. The van der Waals surface area contributed by atoms with Crippen molar-refractivity contribution < 1.29 is 22.4 Å². The van der Waals surface area contributed by atoms with Gasteiger partial charge in [-0.2, -0.15) is 4.31 Å². The summed E-state index contributed by atoms with van der Waals surface area (Å²) in [5, 5.41) is 0.474. The molecule has 5 rings (SSSR count). The van der Waals surface area contributed by atoms with Crippen LogP contribution in [0.15, 0.2) is 57.4 Å². The molecule has 36 heavy (non-hydrogen) atoms. The van der Waals surface area contributed by atoms with Crippen molar-refractivity contribution in [1.29, 1.82) is 0 Å². The van der Waals surface area contributed by atoms with Crippen molar-refractivity contribution in [3.05, 3.63) is 58.8 Å². The van der Waals surface area contributed by atoms with Crippen molar-refractivity contribution in [2.75, 3.05) is 18.1 Å². The molecule has 1 unspecified atom stereocenters. The van der Waals surface area contributed by atoms with E-state index in [0.29, 0.717) is 34.7 Å². The molecule has 1 aliphatic heterocycles. The number of anilines is 1. The summed E-state index contributed by atoms with van der Waals surface area (Å²) in [4.78, 5) is 20.3. The number of piperidine rings is 1. The number of aromatic nitrogens is 1. The zero-order valence-electron chi connectivity index (χ0n) is 19.4. The summed E-state index contributed by atoms with van der Waals surface area (Å²) in [6.07, 6.45) is 3.40. The molecule has 0 aliphatic carbocycles. The third-order valence-corrected chi connectivity index (χ3v) is 10.5. The second kappa shape index (κ2) is 10.5. The van der Waals surface area contributed by atoms with Crippen LogP contribution in [0.5, 0.6) is 5.75 Å². The molecule has 1 aliphatic rings. The number of amides is 1. The number of thiophene rings is 1. The Balaban J connectivity index is 1.52. The Kier molecular flexibility index (Phi) is 7.36. The highest BCUT2D eigenvalue weighted by molar-refractivity contribution is 7.91. The number of carbonyl (C=O) groups excluding carboxylic acids is 1. The molecule has 1 fully saturated rings. The summed E-state index contributed by atoms with van der Waals surface area (Å²) < 4.78 is 40.8. The minimum absolute atomic E-state index is 0.133. The maximum absolute atomic E-state index is 14.1. The van der Waals surface area contributed by atoms with Gasteiger partial charge in [-0.25, -0.2) is 13.4 Å². The zero-order chi connectivity index (χ0) is 25.3. The molecular weight excluding hydrogens is 542 g/mol. The SMILES string of the molecule is CCOc1ccc2nc(N(Cc3ccco3)C(=O)C3CCCCN3S(=O)(=O)c3ccc(Cl)s3)sc2c1. The van der Waals surface area contributed by atoms with Gasteiger partial charge in [0.15, 0.2) is 5.13 Å². The van der Waals surface area contributed by atoms with E-state index in [4.69, 9.17) is 25.7 Å². The molecule has 1 amide bonds. The van der Waals surface area contributed by atoms with Gasteiger partial charge >= 0.3 is 0 Å². The first-order valence-corrected chi connectivity index (χ1v) is 15.0. The molecule has 0 bridgehead atoms. The van der Waals surface area contributed by atoms with Gasteiger partial charge in [-0.15, -0.1) is 11.3 Å². The Morgan fingerprint density at radius 1 is 1.25 bits per heavy atom. The number of nitrogens with zero attached hydrogens (tertiary/aromatic N) is 3. The number of carbonyl (C=O) groups is 1. The van der Waals surface area contributed by atoms with Crippen molar-refractivity contribution in [2.24, 2.45) is 0 Å². The standard InChI is InChI=1S/C24H24ClN3O5S3/c1-2-32-16-8-9-18-20(14-16)34-24(26-18)27(15-17-6-5-13-33-17)23(29)19-7-3-4-12-28(19)36(30,31)22-11-10-21(25)35-22/h5-6,8-11,13-14,19H,2-4,7,12,15H2,1H3. The number of thiazole rings is 1. The summed E-state index contributed by atoms with van der Waals surface area (Å²) >= 11 is 8.37. The lowest BCUT2D eigenvalue weighted by molar-refractivity contribution is -0.123. The van der Waals surface area contributed by atoms with Crippen LogP contribution < -0.4 is 9.64 Å². The summed E-state index contributed by atoms with van der Waals surface area (Å²) in [7, 11) is -3.89. The number of hydrogen-bond acceptors (Lipinski definition) is 8. The molecule has 0 N–H and O–H groups in total. The number of rotatable bonds is 8. The summed E-state index contributed by atoms with van der Waals surface area (Å²) in [5.74, 6) is 0.970. The van der Waals surface area contributed by atoms with E-state index in [2.05, 4.69) is 0 Å². The van der Waals surface area contributed by atoms with E-state index in [0.717, 1.165) is 33.7 Å². The van der Waals surface area contributed by atoms with E-state index in [1.54, 1.807) is 24.5 Å². The zero-order valence-corrected chi connectivity index (χ0v) is 22.6. The minimum atomic E-state index is -3.89. The monoisotopic (exact) mass is 565 g/mol. The van der Waals surface area contributed by atoms with Gasteiger partial charge in [-0.1, -0.05) is 29.4 Å². The first-order chi connectivity index (χ1) is 17.4. The third kappa shape index (κ3) is 5.03. The number of halogens is 1. The molecule has 0 saturated carbocycles. The number of fused-ring (bicyclic) bond motifs is 1. The Morgan fingerprint density at radius 2 is 2.11 bits per heavy atom. The third-order valence-electron chi connectivity index (χ3n) is 5.90. The predicted octanol–water partition coefficient (Wildman–Crippen LogP) is 5.78. The molecule has 8 nitrogen and oxygen atoms in total. The van der Waals surface area contributed by atoms with Crippen LogP contribution in [0.2, 0.25) is 4.34 Å². The quantitative estimate of drug-likeness (QED) is 0.269. The first kappa shape index (κ1) is 25.2. The van der Waals surface area contributed by atoms with Crippen molar-refractivity contribution in [3.8, 4) is 5.75 Å². The van der Waals surface area contributed by atoms with Gasteiger partial charge in [0.25, 0.3) is 10.0 Å². The van der Waals surface area contributed by atoms with Gasteiger partial charge < -0.3 is 9.15 Å². The van der Waals surface area contributed by atoms with Crippen LogP contribution in [0.3, 0.4) is 0 Å². The van der Waals surface area contributed by atoms with E-state index >= 15 is 0 Å². The number of furan rings is 1. The van der Waals surface area contributed by atoms with Crippen molar-refractivity contribution in [1.82, 2.24) is 9.29 Å². The van der Waals surface area contributed by atoms with Gasteiger partial charge in [0, 0.05) is 6.54 Å². The van der Waals surface area contributed by atoms with E-state index in [1.165, 1.54) is 26.6 Å². The van der Waals surface area contributed by atoms with E-state index in [9.17, 15) is 13.2 Å². The second-order valence-corrected chi connectivity index (χ2v) is 13.1. The normalized spacial score (nSPS) is 16.9. The Bertz CT molecular complexity index is 1470. The number of sulfonamides is 1. The van der Waals surface area contributed by atoms with Crippen LogP contribution in [0.1, 0.15) is 31.9 Å². The molecule has 4 heterocycles. The molecule has 4 aromatic rings. The highest BCUT2D eigenvalue weighted by Gasteiger charge is 2.41. The van der Waals surface area contributed by atoms with Gasteiger partial charge in [0.1, 0.15) is 21.8 Å². The van der Waals surface area contributed by atoms with Gasteiger partial charge in [-0.05, 0) is 62.2 Å². The minimum Gasteiger partial charge on any atom is -0.494 e. The number of benzene rings is 1. The lowest BCUT2D eigenvalue weighted by Crippen LogP contribution is -2.52. The van der Waals surface area contributed by atoms with Crippen LogP contribution in [-0.4, -0.2) is 42.8 Å². The summed E-state index contributed by atoms with van der Waals surface area (Å²) in [6.45, 7) is 2.86. The number of hydrogen-bond donors (Lipinski definition) is 0. The van der Waals surface area contributed by atoms with E-state index < -0.39 is 16.1 Å². The Hall–Kier alpha value is -2.44. The summed E-state index contributed by atoms with van der Waals surface area (Å²) in [5.41, 5.74) is 0.733. The molecule has 3 aromatic heterocycles. The molecule has 12 heteroatoms. The molecular formula is C24H24ClN3O5S3. The van der Waals surface area contributed by atoms with Gasteiger partial charge in [0.05, 0.1) is 34.0 Å². The molecule has 1 aromatic carbocycles. The van der Waals surface area contributed by atoms with Crippen molar-refractivity contribution in [3.63, 3.8) is 0 Å². The first-order valence-electron chi connectivity index (χ1n) is 11.5. The smallest absolute Gasteiger partial charge is 0.253 e. The maximum atomic E-state index is 14.1. The van der Waals surface area contributed by atoms with Crippen LogP contribution in [-0.2, 0) is 21.4 Å². The van der Waals surface area contributed by atoms with E-state index in [1.807, 2.05) is 25.1 Å². The second-order valence-electron chi connectivity index (χ2n) is 8.25. The average molecular weight is 566 g/mol. The average Bonchev–Trinajstić information content (AvgIpc) is 3.63. The van der Waals surface area contributed by atoms with Crippen LogP contribution in [0, 0.1) is 0 Å². The molecule has 0 radical (unpaired) electrons. The topological polar surface area (TPSA) is 92.9 Å². The van der Waals surface area contributed by atoms with Crippen LogP contribution >= 0.6 is 34.3 Å². The fraction of sp³-hybridized carbons (Fsp3) is 0.333. The van der Waals surface area contributed by atoms with Crippen LogP contribution in [0.4, 0.5) is 5.13 Å². The number of ether oxygens (including phenoxy) is 1. The lowest BCUT2D eigenvalue weighted by atomic mass is 10.0. The highest BCUT2D eigenvalue weighted by atomic mass is 35.5. The molecule has 1 atom stereocenters. The Labute approximate surface area is 222 Å². The predicted molar refractivity (Wildman–Crippen MR) is 142 cm³/mol. The lowest BCUT2D eigenvalue weighted by Gasteiger charge is -2.35. The van der Waals surface area contributed by atoms with Crippen molar-refractivity contribution in [2.45, 2.75) is 43.0 Å². The fourth-order valence-corrected chi connectivity index (χ4v) is 8.50. The Morgan fingerprint density at radius 3 is 2.83 bits per heavy atom. The highest BCUT2D eigenvalue weighted by Crippen LogP contribution is 2.36. The fourth-order valence-electron chi connectivity index (χ4n) is 4.23. The molecule has 190 valence electrons. The summed E-state index contributed by atoms with van der Waals surface area (Å²) in [6, 6.07) is 11.3. The van der Waals surface area contributed by atoms with Gasteiger partial charge in [-0.3, -0.25) is 9.69 Å². The van der Waals surface area contributed by atoms with E-state index in [-0.39, 0.29) is 23.2 Å². The van der Waals surface area contributed by atoms with Crippen molar-refractivity contribution >= 4 is 65.6 Å². The molecule has 1 saturated heterocycles. The maximum Gasteiger partial charge on any atom is 0.253 e.